The highest BCUT2D eigenvalue weighted by atomic mass is 32.1. The van der Waals surface area contributed by atoms with Crippen molar-refractivity contribution in [1.29, 1.82) is 0 Å². The molecule has 0 aliphatic heterocycles. The third-order valence-corrected chi connectivity index (χ3v) is 3.32. The number of nitrogens with one attached hydrogen (secondary N) is 1. The smallest absolute Gasteiger partial charge is 0.233 e. The highest BCUT2D eigenvalue weighted by Crippen LogP contribution is 2.17. The van der Waals surface area contributed by atoms with Crippen LogP contribution in [0.3, 0.4) is 0 Å². The van der Waals surface area contributed by atoms with Crippen LogP contribution in [0.4, 0.5) is 0 Å². The Labute approximate surface area is 111 Å². The molecule has 5 nitrogen and oxygen atoms in total. The summed E-state index contributed by atoms with van der Waals surface area (Å²) in [6.45, 7) is 11.1. The van der Waals surface area contributed by atoms with Crippen molar-refractivity contribution >= 4 is 11.3 Å². The first-order valence-corrected chi connectivity index (χ1v) is 6.78. The van der Waals surface area contributed by atoms with E-state index >= 15 is 0 Å². The van der Waals surface area contributed by atoms with Gasteiger partial charge in [0.05, 0.1) is 12.2 Å². The van der Waals surface area contributed by atoms with Crippen molar-refractivity contribution in [3.05, 3.63) is 22.5 Å². The average Bonchev–Trinajstić information content (AvgIpc) is 2.81. The molecule has 18 heavy (non-hydrogen) atoms. The Morgan fingerprint density at radius 3 is 2.56 bits per heavy atom. The molecule has 2 aromatic heterocycles. The fourth-order valence-electron chi connectivity index (χ4n) is 1.57. The first-order valence-electron chi connectivity index (χ1n) is 5.96. The second-order valence-corrected chi connectivity index (χ2v) is 6.46. The second-order valence-electron chi connectivity index (χ2n) is 5.42. The Morgan fingerprint density at radius 2 is 2.00 bits per heavy atom. The fraction of sp³-hybridized carbons (Fsp3) is 0.583. The first-order chi connectivity index (χ1) is 8.35. The number of nitrogens with zero attached hydrogens (tertiary/aromatic N) is 4. The molecule has 0 radical (unpaired) electrons. The Morgan fingerprint density at radius 1 is 1.28 bits per heavy atom. The largest absolute Gasteiger partial charge is 0.306 e. The van der Waals surface area contributed by atoms with Gasteiger partial charge in [0.2, 0.25) is 5.13 Å². The zero-order valence-corrected chi connectivity index (χ0v) is 12.3. The molecule has 1 N–H and O–H groups in total. The summed E-state index contributed by atoms with van der Waals surface area (Å²) in [6.07, 6.45) is 0. The van der Waals surface area contributed by atoms with Gasteiger partial charge in [-0.05, 0) is 40.7 Å². The molecule has 2 aromatic rings. The van der Waals surface area contributed by atoms with Crippen molar-refractivity contribution in [3.8, 4) is 5.13 Å². The summed E-state index contributed by atoms with van der Waals surface area (Å²) >= 11 is 1.57. The van der Waals surface area contributed by atoms with Crippen molar-refractivity contribution in [3.63, 3.8) is 0 Å². The van der Waals surface area contributed by atoms with Crippen molar-refractivity contribution in [2.45, 2.75) is 46.7 Å². The van der Waals surface area contributed by atoms with Crippen LogP contribution in [0.2, 0.25) is 0 Å². The summed E-state index contributed by atoms with van der Waals surface area (Å²) in [5, 5.41) is 18.0. The summed E-state index contributed by atoms with van der Waals surface area (Å²) in [5.74, 6) is 0. The van der Waals surface area contributed by atoms with Crippen LogP contribution in [0.15, 0.2) is 6.07 Å². The monoisotopic (exact) mass is 265 g/mol. The third-order valence-electron chi connectivity index (χ3n) is 2.42. The molecule has 0 aromatic carbocycles. The van der Waals surface area contributed by atoms with Gasteiger partial charge in [0, 0.05) is 11.2 Å². The molecule has 6 heteroatoms. The van der Waals surface area contributed by atoms with Crippen LogP contribution in [-0.4, -0.2) is 25.5 Å². The molecular weight excluding hydrogens is 246 g/mol. The molecule has 0 unspecified atom stereocenters. The molecule has 0 atom stereocenters. The molecule has 0 amide bonds. The lowest BCUT2D eigenvalue weighted by Gasteiger charge is -2.19. The maximum absolute atomic E-state index is 4.41. The van der Waals surface area contributed by atoms with Crippen LogP contribution >= 0.6 is 11.3 Å². The topological polar surface area (TPSA) is 55.6 Å². The van der Waals surface area contributed by atoms with E-state index in [0.717, 1.165) is 28.1 Å². The van der Waals surface area contributed by atoms with Gasteiger partial charge in [-0.3, -0.25) is 0 Å². The SMILES string of the molecule is Cc1cc(C)n(-c2nnc(CNC(C)(C)C)s2)n1. The fourth-order valence-corrected chi connectivity index (χ4v) is 2.35. The van der Waals surface area contributed by atoms with E-state index in [1.165, 1.54) is 0 Å². The molecule has 98 valence electrons. The molecule has 2 rings (SSSR count). The lowest BCUT2D eigenvalue weighted by Crippen LogP contribution is -2.35. The van der Waals surface area contributed by atoms with Crippen LogP contribution in [0.25, 0.3) is 5.13 Å². The zero-order chi connectivity index (χ0) is 13.3. The van der Waals surface area contributed by atoms with Crippen LogP contribution in [0.1, 0.15) is 37.2 Å². The van der Waals surface area contributed by atoms with Gasteiger partial charge in [-0.25, -0.2) is 4.68 Å². The number of aryl methyl sites for hydroxylation is 2. The molecule has 0 saturated carbocycles. The van der Waals surface area contributed by atoms with E-state index < -0.39 is 0 Å². The predicted octanol–water partition coefficient (Wildman–Crippen LogP) is 2.23. The third kappa shape index (κ3) is 3.14. The van der Waals surface area contributed by atoms with Crippen molar-refractivity contribution in [2.24, 2.45) is 0 Å². The van der Waals surface area contributed by atoms with Gasteiger partial charge in [-0.15, -0.1) is 10.2 Å². The summed E-state index contributed by atoms with van der Waals surface area (Å²) in [7, 11) is 0. The maximum atomic E-state index is 4.41. The summed E-state index contributed by atoms with van der Waals surface area (Å²) in [4.78, 5) is 0. The van der Waals surface area contributed by atoms with Crippen LogP contribution < -0.4 is 5.32 Å². The molecule has 0 spiro atoms. The van der Waals surface area contributed by atoms with E-state index in [9.17, 15) is 0 Å². The minimum Gasteiger partial charge on any atom is -0.306 e. The molecule has 0 bridgehead atoms. The quantitative estimate of drug-likeness (QED) is 0.924. The lowest BCUT2D eigenvalue weighted by atomic mass is 10.1. The minimum atomic E-state index is 0.0873. The maximum Gasteiger partial charge on any atom is 0.233 e. The minimum absolute atomic E-state index is 0.0873. The lowest BCUT2D eigenvalue weighted by molar-refractivity contribution is 0.423. The summed E-state index contributed by atoms with van der Waals surface area (Å²) < 4.78 is 1.84. The molecular formula is C12H19N5S. The predicted molar refractivity (Wildman–Crippen MR) is 73.1 cm³/mol. The Kier molecular flexibility index (Phi) is 3.49. The van der Waals surface area contributed by atoms with Gasteiger partial charge in [-0.1, -0.05) is 11.3 Å². The molecule has 0 saturated heterocycles. The van der Waals surface area contributed by atoms with Crippen molar-refractivity contribution in [1.82, 2.24) is 25.3 Å². The van der Waals surface area contributed by atoms with Gasteiger partial charge >= 0.3 is 0 Å². The van der Waals surface area contributed by atoms with Gasteiger partial charge in [0.1, 0.15) is 5.01 Å². The summed E-state index contributed by atoms with van der Waals surface area (Å²) in [6, 6.07) is 2.04. The molecule has 0 aliphatic carbocycles. The van der Waals surface area contributed by atoms with Gasteiger partial charge in [0.25, 0.3) is 0 Å². The highest BCUT2D eigenvalue weighted by molar-refractivity contribution is 7.13. The average molecular weight is 265 g/mol. The van der Waals surface area contributed by atoms with Crippen LogP contribution in [-0.2, 0) is 6.54 Å². The molecule has 0 fully saturated rings. The van der Waals surface area contributed by atoms with Gasteiger partial charge in [0.15, 0.2) is 0 Å². The van der Waals surface area contributed by atoms with E-state index in [1.54, 1.807) is 11.3 Å². The first kappa shape index (κ1) is 13.2. The normalized spacial score (nSPS) is 12.1. The van der Waals surface area contributed by atoms with Gasteiger partial charge in [-0.2, -0.15) is 5.10 Å². The molecule has 0 aliphatic rings. The van der Waals surface area contributed by atoms with E-state index in [0.29, 0.717) is 0 Å². The van der Waals surface area contributed by atoms with Crippen molar-refractivity contribution in [2.75, 3.05) is 0 Å². The Bertz CT molecular complexity index is 535. The van der Waals surface area contributed by atoms with Crippen LogP contribution in [0, 0.1) is 13.8 Å². The Balaban J connectivity index is 2.13. The van der Waals surface area contributed by atoms with E-state index in [1.807, 2.05) is 24.6 Å². The van der Waals surface area contributed by atoms with E-state index in [-0.39, 0.29) is 5.54 Å². The van der Waals surface area contributed by atoms with E-state index in [2.05, 4.69) is 41.4 Å². The number of hydrogen-bond donors (Lipinski definition) is 1. The number of aromatic nitrogens is 4. The standard InChI is InChI=1S/C12H19N5S/c1-8-6-9(2)17(16-8)11-15-14-10(18-11)7-13-12(3,4)5/h6,13H,7H2,1-5H3. The number of rotatable bonds is 3. The second kappa shape index (κ2) is 4.78. The van der Waals surface area contributed by atoms with Crippen molar-refractivity contribution < 1.29 is 0 Å². The highest BCUT2D eigenvalue weighted by Gasteiger charge is 2.13. The number of hydrogen-bond acceptors (Lipinski definition) is 5. The van der Waals surface area contributed by atoms with Gasteiger partial charge < -0.3 is 5.32 Å². The zero-order valence-electron chi connectivity index (χ0n) is 11.5. The molecule has 2 heterocycles. The van der Waals surface area contributed by atoms with Crippen LogP contribution in [0.5, 0.6) is 0 Å². The summed E-state index contributed by atoms with van der Waals surface area (Å²) in [5.41, 5.74) is 2.17. The Hall–Kier alpha value is -1.27. The van der Waals surface area contributed by atoms with E-state index in [4.69, 9.17) is 0 Å².